The number of amides is 2. The first-order valence-electron chi connectivity index (χ1n) is 12.6. The Morgan fingerprint density at radius 3 is 2.71 bits per heavy atom. The summed E-state index contributed by atoms with van der Waals surface area (Å²) in [7, 11) is 0. The quantitative estimate of drug-likeness (QED) is 0.367. The number of unbranched alkanes of at least 4 members (excludes halogenated alkanes) is 2. The molecule has 0 aromatic heterocycles. The molecule has 3 saturated heterocycles. The molecule has 34 heavy (non-hydrogen) atoms. The topological polar surface area (TPSA) is 95.9 Å². The van der Waals surface area contributed by atoms with Gasteiger partial charge in [-0.25, -0.2) is 0 Å². The van der Waals surface area contributed by atoms with E-state index in [1.807, 2.05) is 30.3 Å². The number of aliphatic hydroxyl groups excluding tert-OH is 1. The molecule has 8 heteroatoms. The van der Waals surface area contributed by atoms with Gasteiger partial charge in [-0.05, 0) is 38.2 Å². The lowest BCUT2D eigenvalue weighted by Gasteiger charge is -2.37. The van der Waals surface area contributed by atoms with E-state index < -0.39 is 28.7 Å². The molecule has 1 aromatic rings. The molecule has 0 aliphatic carbocycles. The molecule has 1 spiro atoms. The fraction of sp³-hybridized carbons (Fsp3) is 0.654. The monoisotopic (exact) mass is 488 g/mol. The number of ether oxygens (including phenoxy) is 1. The SMILES string of the molecule is CCCCCNC(=O)C1N([C@@H](CO)Cc2ccccc2)C(=O)[C@@H]2[C@H](C(=O)OCC)[C@@H]3CCC12S3. The molecule has 3 fully saturated rings. The van der Waals surface area contributed by atoms with E-state index in [1.165, 1.54) is 0 Å². The van der Waals surface area contributed by atoms with E-state index in [-0.39, 0.29) is 36.2 Å². The zero-order chi connectivity index (χ0) is 24.3. The molecule has 7 nitrogen and oxygen atoms in total. The van der Waals surface area contributed by atoms with Crippen LogP contribution >= 0.6 is 11.8 Å². The van der Waals surface area contributed by atoms with Gasteiger partial charge in [-0.15, -0.1) is 11.8 Å². The molecule has 3 aliphatic rings. The molecule has 2 unspecified atom stereocenters. The number of nitrogens with one attached hydrogen (secondary N) is 1. The maximum Gasteiger partial charge on any atom is 0.310 e. The number of hydrogen-bond acceptors (Lipinski definition) is 6. The van der Waals surface area contributed by atoms with Gasteiger partial charge in [0.25, 0.3) is 0 Å². The Kier molecular flexibility index (Phi) is 7.87. The Morgan fingerprint density at radius 1 is 1.26 bits per heavy atom. The first kappa shape index (κ1) is 25.0. The van der Waals surface area contributed by atoms with Crippen LogP contribution in [0.15, 0.2) is 30.3 Å². The van der Waals surface area contributed by atoms with Crippen molar-refractivity contribution in [3.05, 3.63) is 35.9 Å². The maximum absolute atomic E-state index is 14.0. The highest BCUT2D eigenvalue weighted by Crippen LogP contribution is 2.66. The van der Waals surface area contributed by atoms with Crippen LogP contribution in [-0.2, 0) is 25.5 Å². The summed E-state index contributed by atoms with van der Waals surface area (Å²) < 4.78 is 4.71. The second-order valence-electron chi connectivity index (χ2n) is 9.58. The van der Waals surface area contributed by atoms with Crippen LogP contribution in [0.25, 0.3) is 0 Å². The highest BCUT2D eigenvalue weighted by molar-refractivity contribution is 8.02. The van der Waals surface area contributed by atoms with Crippen molar-refractivity contribution < 1.29 is 24.2 Å². The summed E-state index contributed by atoms with van der Waals surface area (Å²) in [5.74, 6) is -1.84. The van der Waals surface area contributed by atoms with E-state index in [0.717, 1.165) is 31.2 Å². The minimum atomic E-state index is -0.707. The van der Waals surface area contributed by atoms with Crippen LogP contribution in [0, 0.1) is 11.8 Å². The first-order chi connectivity index (χ1) is 16.5. The van der Waals surface area contributed by atoms with Gasteiger partial charge < -0.3 is 20.1 Å². The highest BCUT2D eigenvalue weighted by Gasteiger charge is 2.74. The Labute approximate surface area is 206 Å². The van der Waals surface area contributed by atoms with Gasteiger partial charge in [0.1, 0.15) is 6.04 Å². The number of carbonyl (C=O) groups excluding carboxylic acids is 3. The fourth-order valence-corrected chi connectivity index (χ4v) is 8.30. The van der Waals surface area contributed by atoms with Gasteiger partial charge >= 0.3 is 5.97 Å². The van der Waals surface area contributed by atoms with Crippen LogP contribution in [0.1, 0.15) is 51.5 Å². The number of carbonyl (C=O) groups is 3. The minimum absolute atomic E-state index is 0.00718. The second-order valence-corrected chi connectivity index (χ2v) is 11.2. The lowest BCUT2D eigenvalue weighted by Crippen LogP contribution is -2.57. The summed E-state index contributed by atoms with van der Waals surface area (Å²) in [6.07, 6.45) is 4.90. The van der Waals surface area contributed by atoms with Crippen molar-refractivity contribution >= 4 is 29.5 Å². The zero-order valence-electron chi connectivity index (χ0n) is 20.1. The van der Waals surface area contributed by atoms with Gasteiger partial charge in [0, 0.05) is 11.8 Å². The van der Waals surface area contributed by atoms with E-state index >= 15 is 0 Å². The standard InChI is InChI=1S/C26H36N2O5S/c1-3-5-9-14-27-23(30)22-26-13-12-19(34-26)20(25(32)33-4-2)21(26)24(31)28(22)18(16-29)15-17-10-7-6-8-11-17/h6-8,10-11,18-22,29H,3-5,9,12-16H2,1-2H3,(H,27,30)/t18-,19+,20-,21+,22?,26?/m1/s1. The molecule has 3 heterocycles. The minimum Gasteiger partial charge on any atom is -0.466 e. The molecule has 0 radical (unpaired) electrons. The van der Waals surface area contributed by atoms with E-state index in [2.05, 4.69) is 12.2 Å². The van der Waals surface area contributed by atoms with Crippen LogP contribution in [0.4, 0.5) is 0 Å². The summed E-state index contributed by atoms with van der Waals surface area (Å²) in [4.78, 5) is 42.2. The summed E-state index contributed by atoms with van der Waals surface area (Å²) in [5.41, 5.74) is 0.991. The molecule has 6 atom stereocenters. The number of fused-ring (bicyclic) bond motifs is 1. The lowest BCUT2D eigenvalue weighted by molar-refractivity contribution is -0.154. The number of likely N-dealkylation sites (tertiary alicyclic amines) is 1. The van der Waals surface area contributed by atoms with Gasteiger partial charge in [-0.3, -0.25) is 14.4 Å². The molecule has 2 bridgehead atoms. The molecule has 1 aromatic carbocycles. The summed E-state index contributed by atoms with van der Waals surface area (Å²) >= 11 is 1.63. The van der Waals surface area contributed by atoms with Crippen molar-refractivity contribution in [1.82, 2.24) is 10.2 Å². The molecular formula is C26H36N2O5S. The third-order valence-corrected chi connectivity index (χ3v) is 9.49. The number of hydrogen-bond donors (Lipinski definition) is 2. The predicted molar refractivity (Wildman–Crippen MR) is 131 cm³/mol. The number of thioether (sulfide) groups is 1. The van der Waals surface area contributed by atoms with Crippen LogP contribution in [0.2, 0.25) is 0 Å². The smallest absolute Gasteiger partial charge is 0.310 e. The molecule has 2 amide bonds. The van der Waals surface area contributed by atoms with Crippen molar-refractivity contribution in [3.63, 3.8) is 0 Å². The Morgan fingerprint density at radius 2 is 2.03 bits per heavy atom. The van der Waals surface area contributed by atoms with E-state index in [0.29, 0.717) is 19.4 Å². The fourth-order valence-electron chi connectivity index (χ4n) is 6.11. The second kappa shape index (κ2) is 10.7. The number of esters is 1. The van der Waals surface area contributed by atoms with Crippen molar-refractivity contribution in [1.29, 1.82) is 0 Å². The van der Waals surface area contributed by atoms with E-state index in [1.54, 1.807) is 23.6 Å². The lowest BCUT2D eigenvalue weighted by atomic mass is 9.71. The summed E-state index contributed by atoms with van der Waals surface area (Å²) in [6, 6.07) is 8.46. The van der Waals surface area contributed by atoms with Crippen molar-refractivity contribution in [2.24, 2.45) is 11.8 Å². The molecule has 4 rings (SSSR count). The summed E-state index contributed by atoms with van der Waals surface area (Å²) in [6.45, 7) is 4.45. The van der Waals surface area contributed by atoms with Crippen LogP contribution < -0.4 is 5.32 Å². The average molecular weight is 489 g/mol. The molecule has 2 N–H and O–H groups in total. The average Bonchev–Trinajstić information content (AvgIpc) is 3.48. The first-order valence-corrected chi connectivity index (χ1v) is 13.5. The predicted octanol–water partition coefficient (Wildman–Crippen LogP) is 2.55. The van der Waals surface area contributed by atoms with Gasteiger partial charge in [0.15, 0.2) is 0 Å². The zero-order valence-corrected chi connectivity index (χ0v) is 20.9. The highest BCUT2D eigenvalue weighted by atomic mass is 32.2. The van der Waals surface area contributed by atoms with Gasteiger partial charge in [0.05, 0.1) is 35.8 Å². The largest absolute Gasteiger partial charge is 0.466 e. The maximum atomic E-state index is 14.0. The number of aliphatic hydroxyl groups is 1. The number of rotatable bonds is 11. The van der Waals surface area contributed by atoms with Crippen molar-refractivity contribution in [2.45, 2.75) is 74.5 Å². The molecule has 3 aliphatic heterocycles. The van der Waals surface area contributed by atoms with Crippen molar-refractivity contribution in [3.8, 4) is 0 Å². The Hall–Kier alpha value is -2.06. The molecular weight excluding hydrogens is 452 g/mol. The van der Waals surface area contributed by atoms with Crippen LogP contribution in [-0.4, -0.2) is 69.6 Å². The summed E-state index contributed by atoms with van der Waals surface area (Å²) in [5, 5.41) is 13.4. The van der Waals surface area contributed by atoms with Gasteiger partial charge in [-0.2, -0.15) is 0 Å². The Bertz CT molecular complexity index is 896. The van der Waals surface area contributed by atoms with Gasteiger partial charge in [-0.1, -0.05) is 50.1 Å². The van der Waals surface area contributed by atoms with Crippen molar-refractivity contribution in [2.75, 3.05) is 19.8 Å². The van der Waals surface area contributed by atoms with E-state index in [9.17, 15) is 19.5 Å². The van der Waals surface area contributed by atoms with E-state index in [4.69, 9.17) is 4.74 Å². The van der Waals surface area contributed by atoms with Crippen LogP contribution in [0.5, 0.6) is 0 Å². The molecule has 0 saturated carbocycles. The number of benzene rings is 1. The molecule has 186 valence electrons. The number of nitrogens with zero attached hydrogens (tertiary/aromatic N) is 1. The Balaban J connectivity index is 1.67. The van der Waals surface area contributed by atoms with Crippen LogP contribution in [0.3, 0.4) is 0 Å². The third-order valence-electron chi connectivity index (χ3n) is 7.54. The van der Waals surface area contributed by atoms with Gasteiger partial charge in [0.2, 0.25) is 11.8 Å². The third kappa shape index (κ3) is 4.35. The normalized spacial score (nSPS) is 30.3.